The molecule has 1 nitrogen and oxygen atoms in total. The Morgan fingerprint density at radius 3 is 2.62 bits per heavy atom. The van der Waals surface area contributed by atoms with E-state index in [4.69, 9.17) is 0 Å². The second-order valence-electron chi connectivity index (χ2n) is 11.9. The molecule has 166 valence electrons. The predicted octanol–water partition coefficient (Wildman–Crippen LogP) is 7.29. The van der Waals surface area contributed by atoms with Crippen molar-refractivity contribution in [2.45, 2.75) is 115 Å². The fourth-order valence-electron chi connectivity index (χ4n) is 8.54. The first-order chi connectivity index (χ1) is 13.8. The number of aliphatic hydroxyl groups excluding tert-OH is 1. The van der Waals surface area contributed by atoms with Crippen molar-refractivity contribution in [3.05, 3.63) is 11.6 Å². The Hall–Kier alpha value is 0.219. The summed E-state index contributed by atoms with van der Waals surface area (Å²) < 4.78 is 0. The van der Waals surface area contributed by atoms with Gasteiger partial charge in [-0.1, -0.05) is 0 Å². The topological polar surface area (TPSA) is 20.2 Å². The molecule has 0 spiro atoms. The number of fused-ring (bicyclic) bond motifs is 5. The SMILES string of the molecule is CC(C)[Se]CCCC(C)C1CCC2C3CC=C4CC(O)CCC4(C)C3CCC12C. The minimum absolute atomic E-state index is 0.0754. The van der Waals surface area contributed by atoms with Gasteiger partial charge >= 0.3 is 176 Å². The van der Waals surface area contributed by atoms with Crippen LogP contribution in [0.25, 0.3) is 0 Å². The number of allylic oxidation sites excluding steroid dienone is 1. The number of hydrogen-bond acceptors (Lipinski definition) is 1. The van der Waals surface area contributed by atoms with Crippen LogP contribution in [-0.4, -0.2) is 26.2 Å². The quantitative estimate of drug-likeness (QED) is 0.248. The van der Waals surface area contributed by atoms with Crippen LogP contribution in [0.3, 0.4) is 0 Å². The molecule has 29 heavy (non-hydrogen) atoms. The average Bonchev–Trinajstić information content (AvgIpc) is 3.03. The summed E-state index contributed by atoms with van der Waals surface area (Å²) in [4.78, 5) is 0.924. The molecule has 1 N–H and O–H groups in total. The Morgan fingerprint density at radius 2 is 1.86 bits per heavy atom. The van der Waals surface area contributed by atoms with Crippen molar-refractivity contribution in [1.29, 1.82) is 0 Å². The van der Waals surface area contributed by atoms with Crippen LogP contribution in [-0.2, 0) is 0 Å². The van der Waals surface area contributed by atoms with E-state index >= 15 is 0 Å². The molecule has 4 rings (SSSR count). The minimum atomic E-state index is -0.0754. The van der Waals surface area contributed by atoms with Gasteiger partial charge in [0.15, 0.2) is 0 Å². The van der Waals surface area contributed by atoms with Crippen molar-refractivity contribution >= 4 is 15.0 Å². The standard InChI is InChI=1S/C27H46OSe/c1-18(2)29-16-6-7-19(3)23-10-11-24-22-9-8-20-17-21(28)12-14-26(20,4)25(22)13-15-27(23,24)5/h8,18-19,21-25,28H,6-7,9-17H2,1-5H3. The van der Waals surface area contributed by atoms with Crippen molar-refractivity contribution in [2.24, 2.45) is 40.4 Å². The number of rotatable bonds is 6. The molecule has 0 aromatic carbocycles. The summed E-state index contributed by atoms with van der Waals surface area (Å²) in [6, 6.07) is 0. The van der Waals surface area contributed by atoms with Crippen molar-refractivity contribution in [1.82, 2.24) is 0 Å². The summed E-state index contributed by atoms with van der Waals surface area (Å²) >= 11 is 0.856. The Labute approximate surface area is 187 Å². The monoisotopic (exact) mass is 466 g/mol. The van der Waals surface area contributed by atoms with Crippen LogP contribution in [0.1, 0.15) is 98.8 Å². The van der Waals surface area contributed by atoms with E-state index in [9.17, 15) is 5.11 Å². The zero-order valence-electron chi connectivity index (χ0n) is 19.8. The van der Waals surface area contributed by atoms with E-state index in [-0.39, 0.29) is 6.10 Å². The Kier molecular flexibility index (Phi) is 6.67. The molecule has 0 aromatic rings. The Morgan fingerprint density at radius 1 is 1.07 bits per heavy atom. The van der Waals surface area contributed by atoms with E-state index in [0.29, 0.717) is 10.8 Å². The maximum absolute atomic E-state index is 10.2. The number of aliphatic hydroxyl groups is 1. The van der Waals surface area contributed by atoms with E-state index < -0.39 is 0 Å². The fraction of sp³-hybridized carbons (Fsp3) is 0.926. The molecule has 0 radical (unpaired) electrons. The van der Waals surface area contributed by atoms with E-state index in [1.54, 1.807) is 5.57 Å². The van der Waals surface area contributed by atoms with Crippen molar-refractivity contribution in [2.75, 3.05) is 0 Å². The third-order valence-electron chi connectivity index (χ3n) is 10.1. The molecular weight excluding hydrogens is 419 g/mol. The molecule has 8 atom stereocenters. The van der Waals surface area contributed by atoms with Gasteiger partial charge in [-0.2, -0.15) is 0 Å². The van der Waals surface area contributed by atoms with Gasteiger partial charge in [-0.3, -0.25) is 0 Å². The third-order valence-corrected chi connectivity index (χ3v) is 12.6. The molecule has 3 saturated carbocycles. The van der Waals surface area contributed by atoms with Crippen molar-refractivity contribution < 1.29 is 5.11 Å². The van der Waals surface area contributed by atoms with E-state index in [1.165, 1.54) is 56.7 Å². The molecule has 0 heterocycles. The summed E-state index contributed by atoms with van der Waals surface area (Å²) in [7, 11) is 0. The van der Waals surface area contributed by atoms with Crippen LogP contribution in [0, 0.1) is 40.4 Å². The molecular formula is C27H46OSe. The van der Waals surface area contributed by atoms with E-state index in [1.807, 2.05) is 0 Å². The van der Waals surface area contributed by atoms with Gasteiger partial charge in [-0.05, 0) is 0 Å². The summed E-state index contributed by atoms with van der Waals surface area (Å²) in [6.07, 6.45) is 15.9. The predicted molar refractivity (Wildman–Crippen MR) is 125 cm³/mol. The van der Waals surface area contributed by atoms with E-state index in [0.717, 1.165) is 62.2 Å². The van der Waals surface area contributed by atoms with Crippen molar-refractivity contribution in [3.63, 3.8) is 0 Å². The van der Waals surface area contributed by atoms with E-state index in [2.05, 4.69) is 40.7 Å². The van der Waals surface area contributed by atoms with Gasteiger partial charge < -0.3 is 5.11 Å². The normalized spacial score (nSPS) is 45.3. The second kappa shape index (κ2) is 8.63. The Bertz CT molecular complexity index is 612. The van der Waals surface area contributed by atoms with Gasteiger partial charge in [-0.25, -0.2) is 0 Å². The second-order valence-corrected chi connectivity index (χ2v) is 15.5. The summed E-state index contributed by atoms with van der Waals surface area (Å²) in [5.41, 5.74) is 2.61. The molecule has 0 bridgehead atoms. The average molecular weight is 466 g/mol. The van der Waals surface area contributed by atoms with Crippen molar-refractivity contribution in [3.8, 4) is 0 Å². The molecule has 0 aliphatic heterocycles. The molecule has 4 aliphatic carbocycles. The molecule has 0 saturated heterocycles. The van der Waals surface area contributed by atoms with Gasteiger partial charge in [0, 0.05) is 0 Å². The molecule has 8 unspecified atom stereocenters. The molecule has 4 aliphatic rings. The molecule has 3 fully saturated rings. The summed E-state index contributed by atoms with van der Waals surface area (Å²) in [5, 5.41) is 11.7. The summed E-state index contributed by atoms with van der Waals surface area (Å²) in [5.74, 6) is 4.64. The van der Waals surface area contributed by atoms with Gasteiger partial charge in [0.25, 0.3) is 0 Å². The molecule has 0 aromatic heterocycles. The van der Waals surface area contributed by atoms with Crippen LogP contribution in [0.4, 0.5) is 0 Å². The Balaban J connectivity index is 1.44. The summed E-state index contributed by atoms with van der Waals surface area (Å²) in [6.45, 7) is 12.6. The zero-order valence-corrected chi connectivity index (χ0v) is 21.5. The molecule has 0 amide bonds. The van der Waals surface area contributed by atoms with Gasteiger partial charge in [-0.15, -0.1) is 0 Å². The van der Waals surface area contributed by atoms with Crippen LogP contribution in [0.5, 0.6) is 0 Å². The first-order valence-corrected chi connectivity index (χ1v) is 14.9. The number of hydrogen-bond donors (Lipinski definition) is 1. The third kappa shape index (κ3) is 4.05. The first-order valence-electron chi connectivity index (χ1n) is 12.7. The maximum atomic E-state index is 10.2. The van der Waals surface area contributed by atoms with Crippen LogP contribution in [0.2, 0.25) is 10.1 Å². The van der Waals surface area contributed by atoms with Crippen LogP contribution < -0.4 is 0 Å². The zero-order chi connectivity index (χ0) is 20.8. The van der Waals surface area contributed by atoms with Gasteiger partial charge in [0.1, 0.15) is 0 Å². The molecule has 2 heteroatoms. The van der Waals surface area contributed by atoms with Crippen LogP contribution in [0.15, 0.2) is 11.6 Å². The first kappa shape index (κ1) is 22.4. The van der Waals surface area contributed by atoms with Gasteiger partial charge in [0.2, 0.25) is 0 Å². The van der Waals surface area contributed by atoms with Gasteiger partial charge in [0.05, 0.1) is 6.10 Å². The van der Waals surface area contributed by atoms with Crippen LogP contribution >= 0.6 is 0 Å². The fourth-order valence-corrected chi connectivity index (χ4v) is 10.2.